The first-order valence-corrected chi connectivity index (χ1v) is 7.65. The molecule has 0 radical (unpaired) electrons. The monoisotopic (exact) mass is 328 g/mol. The number of nitrogens with two attached hydrogens (primary N) is 1. The van der Waals surface area contributed by atoms with Crippen molar-refractivity contribution in [2.24, 2.45) is 11.7 Å². The summed E-state index contributed by atoms with van der Waals surface area (Å²) in [6.07, 6.45) is 0.00370. The average Bonchev–Trinajstić information content (AvgIpc) is 2.44. The molecule has 1 aromatic carbocycles. The maximum Gasteiger partial charge on any atom is 0.222 e. The molecular weight excluding hydrogens is 300 g/mol. The van der Waals surface area contributed by atoms with E-state index in [4.69, 9.17) is 5.73 Å². The lowest BCUT2D eigenvalue weighted by Crippen LogP contribution is -2.40. The first-order chi connectivity index (χ1) is 9.90. The van der Waals surface area contributed by atoms with E-state index in [1.807, 2.05) is 44.2 Å². The van der Waals surface area contributed by atoms with E-state index in [1.165, 1.54) is 5.56 Å². The minimum atomic E-state index is -0.778. The Hall–Kier alpha value is -1.10. The van der Waals surface area contributed by atoms with Crippen LogP contribution in [0.1, 0.15) is 45.1 Å². The standard InChI is InChI=1S/C17H28N2O2.ClH/c1-12(2)9-15(18)16(20)10-17(21)19-11-13(3)14-7-5-4-6-8-14;/h4-8,12-13,15-16,20H,9-11,18H2,1-3H3,(H,19,21);1H/t13?,15-,16-;/m0./s1. The quantitative estimate of drug-likeness (QED) is 0.686. The van der Waals surface area contributed by atoms with E-state index in [0.29, 0.717) is 12.5 Å². The summed E-state index contributed by atoms with van der Waals surface area (Å²) in [4.78, 5) is 11.9. The van der Waals surface area contributed by atoms with Gasteiger partial charge in [-0.15, -0.1) is 12.4 Å². The van der Waals surface area contributed by atoms with Crippen molar-refractivity contribution >= 4 is 18.3 Å². The summed E-state index contributed by atoms with van der Waals surface area (Å²) in [6.45, 7) is 6.73. The molecule has 0 fully saturated rings. The fourth-order valence-electron chi connectivity index (χ4n) is 2.28. The van der Waals surface area contributed by atoms with Crippen LogP contribution >= 0.6 is 12.4 Å². The summed E-state index contributed by atoms with van der Waals surface area (Å²) in [5.74, 6) is 0.511. The number of aliphatic hydroxyl groups is 1. The highest BCUT2D eigenvalue weighted by Gasteiger charge is 2.19. The van der Waals surface area contributed by atoms with Crippen LogP contribution in [0.5, 0.6) is 0 Å². The van der Waals surface area contributed by atoms with Gasteiger partial charge in [-0.05, 0) is 23.8 Å². The number of carbonyl (C=O) groups is 1. The van der Waals surface area contributed by atoms with Crippen LogP contribution in [0, 0.1) is 5.92 Å². The van der Waals surface area contributed by atoms with Gasteiger partial charge in [-0.1, -0.05) is 51.1 Å². The first-order valence-electron chi connectivity index (χ1n) is 7.65. The van der Waals surface area contributed by atoms with Crippen molar-refractivity contribution in [3.63, 3.8) is 0 Å². The molecule has 4 nitrogen and oxygen atoms in total. The molecule has 0 aliphatic rings. The van der Waals surface area contributed by atoms with Crippen molar-refractivity contribution in [2.75, 3.05) is 6.54 Å². The number of benzene rings is 1. The second kappa shape index (κ2) is 10.6. The van der Waals surface area contributed by atoms with Crippen LogP contribution in [0.4, 0.5) is 0 Å². The molecule has 0 heterocycles. The smallest absolute Gasteiger partial charge is 0.222 e. The number of carbonyl (C=O) groups excluding carboxylic acids is 1. The van der Waals surface area contributed by atoms with Crippen molar-refractivity contribution < 1.29 is 9.90 Å². The Morgan fingerprint density at radius 3 is 2.36 bits per heavy atom. The van der Waals surface area contributed by atoms with Crippen molar-refractivity contribution in [1.82, 2.24) is 5.32 Å². The van der Waals surface area contributed by atoms with Gasteiger partial charge in [0, 0.05) is 12.6 Å². The summed E-state index contributed by atoms with van der Waals surface area (Å²) < 4.78 is 0. The maximum absolute atomic E-state index is 11.9. The van der Waals surface area contributed by atoms with E-state index in [1.54, 1.807) is 0 Å². The molecule has 0 spiro atoms. The normalized spacial score (nSPS) is 14.8. The van der Waals surface area contributed by atoms with E-state index in [0.717, 1.165) is 6.42 Å². The van der Waals surface area contributed by atoms with Crippen LogP contribution in [-0.4, -0.2) is 29.7 Å². The third-order valence-electron chi connectivity index (χ3n) is 3.61. The lowest BCUT2D eigenvalue weighted by Gasteiger charge is -2.20. The van der Waals surface area contributed by atoms with E-state index in [-0.39, 0.29) is 36.7 Å². The minimum Gasteiger partial charge on any atom is -0.391 e. The molecular formula is C17H29ClN2O2. The van der Waals surface area contributed by atoms with E-state index < -0.39 is 6.10 Å². The van der Waals surface area contributed by atoms with E-state index in [9.17, 15) is 9.90 Å². The largest absolute Gasteiger partial charge is 0.391 e. The number of rotatable bonds is 8. The van der Waals surface area contributed by atoms with Crippen LogP contribution in [0.3, 0.4) is 0 Å². The molecule has 1 rings (SSSR count). The molecule has 0 saturated carbocycles. The molecule has 126 valence electrons. The van der Waals surface area contributed by atoms with Gasteiger partial charge in [0.25, 0.3) is 0 Å². The topological polar surface area (TPSA) is 75.3 Å². The lowest BCUT2D eigenvalue weighted by atomic mass is 9.98. The number of nitrogens with one attached hydrogen (secondary N) is 1. The second-order valence-electron chi connectivity index (χ2n) is 6.18. The number of aliphatic hydroxyl groups excluding tert-OH is 1. The number of halogens is 1. The first kappa shape index (κ1) is 20.9. The van der Waals surface area contributed by atoms with Crippen LogP contribution in [0.2, 0.25) is 0 Å². The molecule has 1 amide bonds. The molecule has 3 atom stereocenters. The molecule has 1 unspecified atom stereocenters. The van der Waals surface area contributed by atoms with Crippen LogP contribution in [-0.2, 0) is 4.79 Å². The Bertz CT molecular complexity index is 426. The number of amides is 1. The SMILES string of the molecule is CC(C)C[C@H](N)[C@@H](O)CC(=O)NCC(C)c1ccccc1.Cl. The predicted molar refractivity (Wildman–Crippen MR) is 93.2 cm³/mol. The highest BCUT2D eigenvalue weighted by Crippen LogP contribution is 2.13. The zero-order valence-electron chi connectivity index (χ0n) is 13.7. The summed E-state index contributed by atoms with van der Waals surface area (Å²) in [5.41, 5.74) is 7.07. The lowest BCUT2D eigenvalue weighted by molar-refractivity contribution is -0.123. The predicted octanol–water partition coefficient (Wildman–Crippen LogP) is 2.45. The fraction of sp³-hybridized carbons (Fsp3) is 0.588. The van der Waals surface area contributed by atoms with Crippen LogP contribution in [0.25, 0.3) is 0 Å². The Morgan fingerprint density at radius 2 is 1.82 bits per heavy atom. The number of hydrogen-bond donors (Lipinski definition) is 3. The van der Waals surface area contributed by atoms with Crippen molar-refractivity contribution in [3.8, 4) is 0 Å². The molecule has 1 aromatic rings. The molecule has 0 aliphatic carbocycles. The summed E-state index contributed by atoms with van der Waals surface area (Å²) in [5, 5.41) is 12.8. The van der Waals surface area contributed by atoms with Gasteiger partial charge < -0.3 is 16.2 Å². The molecule has 0 bridgehead atoms. The average molecular weight is 329 g/mol. The Labute approximate surface area is 139 Å². The van der Waals surface area contributed by atoms with Gasteiger partial charge in [-0.2, -0.15) is 0 Å². The fourth-order valence-corrected chi connectivity index (χ4v) is 2.28. The molecule has 0 saturated heterocycles. The van der Waals surface area contributed by atoms with E-state index in [2.05, 4.69) is 12.2 Å². The van der Waals surface area contributed by atoms with Crippen molar-refractivity contribution in [3.05, 3.63) is 35.9 Å². The van der Waals surface area contributed by atoms with Gasteiger partial charge in [0.1, 0.15) is 0 Å². The van der Waals surface area contributed by atoms with Gasteiger partial charge in [-0.3, -0.25) is 4.79 Å². The van der Waals surface area contributed by atoms with Crippen LogP contribution in [0.15, 0.2) is 30.3 Å². The third kappa shape index (κ3) is 7.78. The zero-order chi connectivity index (χ0) is 15.8. The number of hydrogen-bond acceptors (Lipinski definition) is 3. The van der Waals surface area contributed by atoms with Crippen LogP contribution < -0.4 is 11.1 Å². The molecule has 0 aliphatic heterocycles. The van der Waals surface area contributed by atoms with Gasteiger partial charge in [-0.25, -0.2) is 0 Å². The Kier molecular flexibility index (Phi) is 10.1. The Balaban J connectivity index is 0.00000441. The van der Waals surface area contributed by atoms with Gasteiger partial charge in [0.2, 0.25) is 5.91 Å². The van der Waals surface area contributed by atoms with Gasteiger partial charge >= 0.3 is 0 Å². The third-order valence-corrected chi connectivity index (χ3v) is 3.61. The van der Waals surface area contributed by atoms with E-state index >= 15 is 0 Å². The summed E-state index contributed by atoms with van der Waals surface area (Å²) >= 11 is 0. The summed E-state index contributed by atoms with van der Waals surface area (Å²) in [6, 6.07) is 9.70. The Morgan fingerprint density at radius 1 is 1.23 bits per heavy atom. The molecule has 4 N–H and O–H groups in total. The second-order valence-corrected chi connectivity index (χ2v) is 6.18. The highest BCUT2D eigenvalue weighted by atomic mass is 35.5. The molecule has 5 heteroatoms. The van der Waals surface area contributed by atoms with Gasteiger partial charge in [0.15, 0.2) is 0 Å². The minimum absolute atomic E-state index is 0. The maximum atomic E-state index is 11.9. The van der Waals surface area contributed by atoms with Gasteiger partial charge in [0.05, 0.1) is 12.5 Å². The summed E-state index contributed by atoms with van der Waals surface area (Å²) in [7, 11) is 0. The molecule has 22 heavy (non-hydrogen) atoms. The zero-order valence-corrected chi connectivity index (χ0v) is 14.5. The molecule has 0 aromatic heterocycles. The van der Waals surface area contributed by atoms with Crippen molar-refractivity contribution in [2.45, 2.75) is 51.7 Å². The highest BCUT2D eigenvalue weighted by molar-refractivity contribution is 5.85. The van der Waals surface area contributed by atoms with Crippen molar-refractivity contribution in [1.29, 1.82) is 0 Å².